The molecular weight excluding hydrogens is 538 g/mol. The molecule has 0 aliphatic heterocycles. The molecule has 3 amide bonds. The van der Waals surface area contributed by atoms with E-state index in [9.17, 15) is 19.5 Å². The molecule has 1 heterocycles. The highest BCUT2D eigenvalue weighted by Gasteiger charge is 2.31. The molecule has 5 aromatic rings. The minimum absolute atomic E-state index is 0.139. The molecule has 0 aliphatic carbocycles. The van der Waals surface area contributed by atoms with E-state index in [1.807, 2.05) is 72.9 Å². The van der Waals surface area contributed by atoms with E-state index < -0.39 is 23.8 Å². The first-order valence-electron chi connectivity index (χ1n) is 14.8. The molecular formula is C36H37N3O4. The van der Waals surface area contributed by atoms with Gasteiger partial charge in [-0.2, -0.15) is 0 Å². The van der Waals surface area contributed by atoms with Crippen LogP contribution in [0.25, 0.3) is 21.7 Å². The van der Waals surface area contributed by atoms with E-state index in [4.69, 9.17) is 0 Å². The van der Waals surface area contributed by atoms with Crippen molar-refractivity contribution in [1.29, 1.82) is 0 Å². The molecule has 0 saturated carbocycles. The van der Waals surface area contributed by atoms with Crippen molar-refractivity contribution in [3.05, 3.63) is 120 Å². The number of carboxylic acid groups (broad SMARTS) is 1. The fourth-order valence-electron chi connectivity index (χ4n) is 5.78. The van der Waals surface area contributed by atoms with Crippen molar-refractivity contribution in [3.63, 3.8) is 0 Å². The van der Waals surface area contributed by atoms with Gasteiger partial charge in [-0.1, -0.05) is 91.0 Å². The smallest absolute Gasteiger partial charge is 0.324 e. The number of nitrogens with zero attached hydrogens (tertiary/aromatic N) is 1. The number of aromatic amines is 1. The lowest BCUT2D eigenvalue weighted by Gasteiger charge is -2.27. The summed E-state index contributed by atoms with van der Waals surface area (Å²) in [6.45, 7) is 1.88. The molecule has 4 aromatic carbocycles. The van der Waals surface area contributed by atoms with Gasteiger partial charge in [-0.25, -0.2) is 4.79 Å². The molecule has 2 unspecified atom stereocenters. The van der Waals surface area contributed by atoms with Gasteiger partial charge in [-0.3, -0.25) is 14.5 Å². The number of para-hydroxylation sites is 1. The average Bonchev–Trinajstić information content (AvgIpc) is 3.43. The Kier molecular flexibility index (Phi) is 9.52. The topological polar surface area (TPSA) is 103 Å². The van der Waals surface area contributed by atoms with Gasteiger partial charge in [0, 0.05) is 29.6 Å². The third-order valence-electron chi connectivity index (χ3n) is 8.03. The molecule has 220 valence electrons. The van der Waals surface area contributed by atoms with E-state index in [0.717, 1.165) is 43.3 Å². The third-order valence-corrected chi connectivity index (χ3v) is 8.03. The van der Waals surface area contributed by atoms with Crippen molar-refractivity contribution >= 4 is 39.6 Å². The summed E-state index contributed by atoms with van der Waals surface area (Å²) < 4.78 is 0. The highest BCUT2D eigenvalue weighted by atomic mass is 16.4. The Bertz CT molecular complexity index is 1710. The van der Waals surface area contributed by atoms with Crippen LogP contribution < -0.4 is 5.32 Å². The summed E-state index contributed by atoms with van der Waals surface area (Å²) in [6.07, 6.45) is 3.88. The Morgan fingerprint density at radius 2 is 1.60 bits per heavy atom. The molecule has 7 heteroatoms. The fraction of sp³-hybridized carbons (Fsp3) is 0.250. The summed E-state index contributed by atoms with van der Waals surface area (Å²) >= 11 is 0. The molecule has 3 N–H and O–H groups in total. The standard InChI is InChI=1S/C36H37N3O4/c1-2-39(35(42)29(23-34(40)41)16-10-11-25-19-20-26-12-6-7-15-28(26)21-25)36(43)38-33(27-13-4-3-5-14-27)22-30-24-37-32-18-9-8-17-31(30)32/h3-9,12-15,17-21,24,29,33,37H,2,10-11,16,22-23H2,1H3,(H,38,43)(H,40,41). The highest BCUT2D eigenvalue weighted by Crippen LogP contribution is 2.26. The number of aryl methyl sites for hydroxylation is 1. The van der Waals surface area contributed by atoms with Crippen molar-refractivity contribution in [2.24, 2.45) is 5.92 Å². The van der Waals surface area contributed by atoms with E-state index in [0.29, 0.717) is 25.7 Å². The van der Waals surface area contributed by atoms with Crippen LogP contribution in [-0.4, -0.2) is 39.4 Å². The molecule has 7 nitrogen and oxygen atoms in total. The number of carbonyl (C=O) groups is 3. The second-order valence-electron chi connectivity index (χ2n) is 10.9. The zero-order chi connectivity index (χ0) is 30.2. The largest absolute Gasteiger partial charge is 0.481 e. The number of carbonyl (C=O) groups excluding carboxylic acids is 2. The molecule has 0 spiro atoms. The number of carboxylic acids is 1. The van der Waals surface area contributed by atoms with Gasteiger partial charge in [0.2, 0.25) is 5.91 Å². The van der Waals surface area contributed by atoms with E-state index in [-0.39, 0.29) is 19.0 Å². The van der Waals surface area contributed by atoms with Crippen LogP contribution >= 0.6 is 0 Å². The van der Waals surface area contributed by atoms with Crippen LogP contribution in [0.5, 0.6) is 0 Å². The molecule has 0 radical (unpaired) electrons. The van der Waals surface area contributed by atoms with Crippen LogP contribution in [0.2, 0.25) is 0 Å². The first kappa shape index (κ1) is 29.6. The van der Waals surface area contributed by atoms with Crippen molar-refractivity contribution in [2.75, 3.05) is 6.54 Å². The lowest BCUT2D eigenvalue weighted by atomic mass is 9.94. The van der Waals surface area contributed by atoms with Crippen LogP contribution in [0.1, 0.15) is 48.9 Å². The summed E-state index contributed by atoms with van der Waals surface area (Å²) in [5, 5.41) is 16.1. The van der Waals surface area contributed by atoms with E-state index in [1.165, 1.54) is 0 Å². The first-order valence-corrected chi connectivity index (χ1v) is 14.8. The molecule has 5 rings (SSSR count). The van der Waals surface area contributed by atoms with Gasteiger partial charge in [-0.05, 0) is 66.1 Å². The quantitative estimate of drug-likeness (QED) is 0.145. The molecule has 0 bridgehead atoms. The summed E-state index contributed by atoms with van der Waals surface area (Å²) in [5.74, 6) is -2.31. The van der Waals surface area contributed by atoms with Crippen LogP contribution in [0.4, 0.5) is 4.79 Å². The maximum Gasteiger partial charge on any atom is 0.324 e. The second kappa shape index (κ2) is 13.8. The van der Waals surface area contributed by atoms with Crippen molar-refractivity contribution < 1.29 is 19.5 Å². The van der Waals surface area contributed by atoms with Gasteiger partial charge in [0.25, 0.3) is 0 Å². The summed E-state index contributed by atoms with van der Waals surface area (Å²) in [7, 11) is 0. The zero-order valence-corrected chi connectivity index (χ0v) is 24.3. The number of H-pyrrole nitrogens is 1. The lowest BCUT2D eigenvalue weighted by Crippen LogP contribution is -2.48. The van der Waals surface area contributed by atoms with E-state index >= 15 is 0 Å². The van der Waals surface area contributed by atoms with E-state index in [1.54, 1.807) is 6.92 Å². The number of benzene rings is 4. The fourth-order valence-corrected chi connectivity index (χ4v) is 5.78. The average molecular weight is 576 g/mol. The molecule has 0 saturated heterocycles. The summed E-state index contributed by atoms with van der Waals surface area (Å²) in [6, 6.07) is 31.2. The van der Waals surface area contributed by atoms with Gasteiger partial charge < -0.3 is 15.4 Å². The Morgan fingerprint density at radius 3 is 2.37 bits per heavy atom. The van der Waals surface area contributed by atoms with Gasteiger partial charge in [0.05, 0.1) is 12.5 Å². The minimum Gasteiger partial charge on any atom is -0.481 e. The minimum atomic E-state index is -1.05. The Hall–Kier alpha value is -4.91. The van der Waals surface area contributed by atoms with Crippen LogP contribution in [0.15, 0.2) is 103 Å². The third kappa shape index (κ3) is 7.30. The predicted molar refractivity (Wildman–Crippen MR) is 170 cm³/mol. The van der Waals surface area contributed by atoms with Crippen molar-refractivity contribution in [3.8, 4) is 0 Å². The van der Waals surface area contributed by atoms with Crippen LogP contribution in [0.3, 0.4) is 0 Å². The number of imide groups is 1. The molecule has 43 heavy (non-hydrogen) atoms. The number of rotatable bonds is 12. The van der Waals surface area contributed by atoms with Crippen molar-refractivity contribution in [2.45, 2.75) is 45.1 Å². The predicted octanol–water partition coefficient (Wildman–Crippen LogP) is 7.28. The maximum atomic E-state index is 13.7. The normalized spacial score (nSPS) is 12.6. The second-order valence-corrected chi connectivity index (χ2v) is 10.9. The van der Waals surface area contributed by atoms with Crippen LogP contribution in [0, 0.1) is 5.92 Å². The number of aliphatic carboxylic acids is 1. The van der Waals surface area contributed by atoms with E-state index in [2.05, 4.69) is 40.6 Å². The number of hydrogen-bond acceptors (Lipinski definition) is 3. The molecule has 0 aliphatic rings. The van der Waals surface area contributed by atoms with Crippen molar-refractivity contribution in [1.82, 2.24) is 15.2 Å². The monoisotopic (exact) mass is 575 g/mol. The lowest BCUT2D eigenvalue weighted by molar-refractivity contribution is -0.143. The Labute approximate surface area is 251 Å². The molecule has 0 fully saturated rings. The molecule has 2 atom stereocenters. The van der Waals surface area contributed by atoms with Gasteiger partial charge >= 0.3 is 12.0 Å². The highest BCUT2D eigenvalue weighted by molar-refractivity contribution is 5.97. The van der Waals surface area contributed by atoms with Crippen LogP contribution in [-0.2, 0) is 22.4 Å². The number of amides is 3. The Morgan fingerprint density at radius 1 is 0.884 bits per heavy atom. The Balaban J connectivity index is 1.29. The zero-order valence-electron chi connectivity index (χ0n) is 24.3. The molecule has 1 aromatic heterocycles. The SMILES string of the molecule is CCN(C(=O)NC(Cc1c[nH]c2ccccc12)c1ccccc1)C(=O)C(CCCc1ccc2ccccc2c1)CC(=O)O. The first-order chi connectivity index (χ1) is 20.9. The van der Waals surface area contributed by atoms with Gasteiger partial charge in [0.15, 0.2) is 0 Å². The number of aromatic nitrogens is 1. The summed E-state index contributed by atoms with van der Waals surface area (Å²) in [5.41, 5.74) is 4.12. The maximum absolute atomic E-state index is 13.7. The number of fused-ring (bicyclic) bond motifs is 2. The number of nitrogens with one attached hydrogen (secondary N) is 2. The number of urea groups is 1. The van der Waals surface area contributed by atoms with Gasteiger partial charge in [0.1, 0.15) is 0 Å². The number of hydrogen-bond donors (Lipinski definition) is 3. The summed E-state index contributed by atoms with van der Waals surface area (Å²) in [4.78, 5) is 43.5. The van der Waals surface area contributed by atoms with Gasteiger partial charge in [-0.15, -0.1) is 0 Å².